The van der Waals surface area contributed by atoms with E-state index in [4.69, 9.17) is 4.74 Å². The second-order valence-electron chi connectivity index (χ2n) is 6.45. The summed E-state index contributed by atoms with van der Waals surface area (Å²) in [6, 6.07) is 4.47. The molecule has 0 aliphatic heterocycles. The first kappa shape index (κ1) is 15.9. The molecule has 2 rings (SSSR count). The third-order valence-electron chi connectivity index (χ3n) is 5.17. The summed E-state index contributed by atoms with van der Waals surface area (Å²) in [7, 11) is 1.78. The van der Waals surface area contributed by atoms with E-state index in [0.717, 1.165) is 18.6 Å². The molecule has 1 atom stereocenters. The van der Waals surface area contributed by atoms with Gasteiger partial charge in [0.2, 0.25) is 0 Å². The van der Waals surface area contributed by atoms with Crippen molar-refractivity contribution in [1.29, 1.82) is 0 Å². The molecule has 0 aromatic heterocycles. The second kappa shape index (κ2) is 6.09. The van der Waals surface area contributed by atoms with Gasteiger partial charge in [-0.25, -0.2) is 0 Å². The Morgan fingerprint density at radius 1 is 0.952 bits per heavy atom. The van der Waals surface area contributed by atoms with Crippen LogP contribution in [0.4, 0.5) is 0 Å². The van der Waals surface area contributed by atoms with Crippen LogP contribution in [-0.2, 0) is 6.42 Å². The zero-order chi connectivity index (χ0) is 15.7. The predicted octanol–water partition coefficient (Wildman–Crippen LogP) is 5.55. The summed E-state index contributed by atoms with van der Waals surface area (Å²) in [6.07, 6.45) is 2.18. The van der Waals surface area contributed by atoms with Crippen LogP contribution in [-0.4, -0.2) is 7.11 Å². The molecule has 1 unspecified atom stereocenters. The summed E-state index contributed by atoms with van der Waals surface area (Å²) in [5.74, 6) is 1.66. The predicted molar refractivity (Wildman–Crippen MR) is 91.0 cm³/mol. The van der Waals surface area contributed by atoms with Gasteiger partial charge in [0.25, 0.3) is 0 Å². The SMILES string of the molecule is COc1c(C)cc(C)cc1CCC1=C(C)C(C)=C(C)C1C. The van der Waals surface area contributed by atoms with Crippen molar-refractivity contribution in [2.24, 2.45) is 5.92 Å². The minimum Gasteiger partial charge on any atom is -0.496 e. The Hall–Kier alpha value is -1.50. The molecule has 0 heterocycles. The van der Waals surface area contributed by atoms with Gasteiger partial charge in [0.15, 0.2) is 0 Å². The Labute approximate surface area is 129 Å². The minimum absolute atomic E-state index is 0.599. The quantitative estimate of drug-likeness (QED) is 0.704. The standard InChI is InChI=1S/C20H28O/c1-12-10-13(2)20(21-7)18(11-12)8-9-19-16(5)14(3)15(4)17(19)6/h10-11,16H,8-9H2,1-7H3. The lowest BCUT2D eigenvalue weighted by molar-refractivity contribution is 0.406. The highest BCUT2D eigenvalue weighted by molar-refractivity contribution is 5.48. The zero-order valence-corrected chi connectivity index (χ0v) is 14.6. The monoisotopic (exact) mass is 284 g/mol. The highest BCUT2D eigenvalue weighted by Gasteiger charge is 2.23. The molecule has 0 bridgehead atoms. The lowest BCUT2D eigenvalue weighted by atomic mass is 9.91. The van der Waals surface area contributed by atoms with Crippen molar-refractivity contribution in [3.05, 3.63) is 51.1 Å². The highest BCUT2D eigenvalue weighted by atomic mass is 16.5. The van der Waals surface area contributed by atoms with Crippen LogP contribution < -0.4 is 4.74 Å². The van der Waals surface area contributed by atoms with Crippen LogP contribution in [0.1, 0.15) is 50.8 Å². The van der Waals surface area contributed by atoms with Crippen molar-refractivity contribution < 1.29 is 4.74 Å². The van der Waals surface area contributed by atoms with Crippen LogP contribution in [0.25, 0.3) is 0 Å². The Morgan fingerprint density at radius 2 is 1.62 bits per heavy atom. The summed E-state index contributed by atoms with van der Waals surface area (Å²) < 4.78 is 5.62. The smallest absolute Gasteiger partial charge is 0.124 e. The van der Waals surface area contributed by atoms with Crippen LogP contribution in [0.15, 0.2) is 34.4 Å². The maximum atomic E-state index is 5.62. The lowest BCUT2D eigenvalue weighted by Gasteiger charge is -2.16. The largest absolute Gasteiger partial charge is 0.496 e. The van der Waals surface area contributed by atoms with Crippen LogP contribution in [0.2, 0.25) is 0 Å². The van der Waals surface area contributed by atoms with E-state index in [9.17, 15) is 0 Å². The Kier molecular flexibility index (Phi) is 4.61. The lowest BCUT2D eigenvalue weighted by Crippen LogP contribution is -2.02. The van der Waals surface area contributed by atoms with Crippen LogP contribution >= 0.6 is 0 Å². The molecular formula is C20H28O. The van der Waals surface area contributed by atoms with Crippen molar-refractivity contribution in [3.63, 3.8) is 0 Å². The van der Waals surface area contributed by atoms with Crippen molar-refractivity contribution in [2.45, 2.75) is 54.4 Å². The third kappa shape index (κ3) is 2.92. The van der Waals surface area contributed by atoms with Gasteiger partial charge in [0.1, 0.15) is 5.75 Å². The second-order valence-corrected chi connectivity index (χ2v) is 6.45. The molecule has 1 nitrogen and oxygen atoms in total. The molecule has 1 heteroatoms. The maximum Gasteiger partial charge on any atom is 0.124 e. The number of hydrogen-bond acceptors (Lipinski definition) is 1. The molecule has 0 saturated heterocycles. The molecule has 0 fully saturated rings. The third-order valence-corrected chi connectivity index (χ3v) is 5.17. The maximum absolute atomic E-state index is 5.62. The van der Waals surface area contributed by atoms with E-state index < -0.39 is 0 Å². The Morgan fingerprint density at radius 3 is 2.14 bits per heavy atom. The summed E-state index contributed by atoms with van der Waals surface area (Å²) in [4.78, 5) is 0. The molecular weight excluding hydrogens is 256 g/mol. The molecule has 1 aromatic carbocycles. The molecule has 1 aromatic rings. The van der Waals surface area contributed by atoms with Crippen molar-refractivity contribution in [1.82, 2.24) is 0 Å². The van der Waals surface area contributed by atoms with Crippen LogP contribution in [0, 0.1) is 19.8 Å². The molecule has 1 aliphatic carbocycles. The van der Waals surface area contributed by atoms with Gasteiger partial charge >= 0.3 is 0 Å². The number of hydrogen-bond donors (Lipinski definition) is 0. The summed E-state index contributed by atoms with van der Waals surface area (Å²) in [5, 5.41) is 0. The molecule has 1 aliphatic rings. The average Bonchev–Trinajstić information content (AvgIpc) is 2.61. The first-order valence-electron chi connectivity index (χ1n) is 7.88. The van der Waals surface area contributed by atoms with E-state index in [1.165, 1.54) is 33.4 Å². The summed E-state index contributed by atoms with van der Waals surface area (Å²) in [5.41, 5.74) is 10.0. The van der Waals surface area contributed by atoms with Gasteiger partial charge in [-0.1, -0.05) is 35.8 Å². The Balaban J connectivity index is 2.23. The topological polar surface area (TPSA) is 9.23 Å². The van der Waals surface area contributed by atoms with Gasteiger partial charge in [-0.2, -0.15) is 0 Å². The molecule has 0 spiro atoms. The van der Waals surface area contributed by atoms with E-state index >= 15 is 0 Å². The number of methoxy groups -OCH3 is 1. The molecule has 0 radical (unpaired) electrons. The van der Waals surface area contributed by atoms with Gasteiger partial charge < -0.3 is 4.74 Å². The molecule has 0 N–H and O–H groups in total. The highest BCUT2D eigenvalue weighted by Crippen LogP contribution is 2.39. The molecule has 114 valence electrons. The van der Waals surface area contributed by atoms with Gasteiger partial charge in [0.05, 0.1) is 7.11 Å². The average molecular weight is 284 g/mol. The summed E-state index contributed by atoms with van der Waals surface area (Å²) in [6.45, 7) is 13.4. The fraction of sp³-hybridized carbons (Fsp3) is 0.500. The zero-order valence-electron chi connectivity index (χ0n) is 14.6. The number of allylic oxidation sites excluding steroid dienone is 4. The minimum atomic E-state index is 0.599. The van der Waals surface area contributed by atoms with Crippen LogP contribution in [0.3, 0.4) is 0 Å². The van der Waals surface area contributed by atoms with Gasteiger partial charge in [-0.15, -0.1) is 0 Å². The number of ether oxygens (including phenoxy) is 1. The number of benzene rings is 1. The van der Waals surface area contributed by atoms with E-state index in [1.807, 2.05) is 0 Å². The molecule has 0 amide bonds. The van der Waals surface area contributed by atoms with Gasteiger partial charge in [-0.3, -0.25) is 0 Å². The number of aryl methyl sites for hydroxylation is 3. The van der Waals surface area contributed by atoms with Crippen molar-refractivity contribution in [3.8, 4) is 5.75 Å². The van der Waals surface area contributed by atoms with E-state index in [-0.39, 0.29) is 0 Å². The van der Waals surface area contributed by atoms with E-state index in [0.29, 0.717) is 5.92 Å². The van der Waals surface area contributed by atoms with Crippen molar-refractivity contribution in [2.75, 3.05) is 7.11 Å². The normalized spacial score (nSPS) is 18.7. The first-order valence-corrected chi connectivity index (χ1v) is 7.88. The van der Waals surface area contributed by atoms with Gasteiger partial charge in [0, 0.05) is 0 Å². The first-order chi connectivity index (χ1) is 9.86. The summed E-state index contributed by atoms with van der Waals surface area (Å²) >= 11 is 0. The van der Waals surface area contributed by atoms with Crippen molar-refractivity contribution >= 4 is 0 Å². The molecule has 21 heavy (non-hydrogen) atoms. The van der Waals surface area contributed by atoms with E-state index in [2.05, 4.69) is 53.7 Å². The number of rotatable bonds is 4. The van der Waals surface area contributed by atoms with Gasteiger partial charge in [-0.05, 0) is 75.7 Å². The fourth-order valence-electron chi connectivity index (χ4n) is 3.64. The molecule has 0 saturated carbocycles. The van der Waals surface area contributed by atoms with E-state index in [1.54, 1.807) is 12.7 Å². The fourth-order valence-corrected chi connectivity index (χ4v) is 3.64. The van der Waals surface area contributed by atoms with Crippen LogP contribution in [0.5, 0.6) is 5.75 Å². The Bertz CT molecular complexity index is 617.